The first kappa shape index (κ1) is 12.9. The van der Waals surface area contributed by atoms with Gasteiger partial charge < -0.3 is 10.6 Å². The number of guanidine groups is 1. The van der Waals surface area contributed by atoms with Crippen LogP contribution in [-0.2, 0) is 0 Å². The van der Waals surface area contributed by atoms with Crippen LogP contribution in [-0.4, -0.2) is 17.5 Å². The molecule has 0 saturated carbocycles. The van der Waals surface area contributed by atoms with Crippen molar-refractivity contribution in [3.05, 3.63) is 58.9 Å². The summed E-state index contributed by atoms with van der Waals surface area (Å²) >= 11 is 6.08. The van der Waals surface area contributed by atoms with Crippen molar-refractivity contribution >= 4 is 23.2 Å². The number of aromatic nitrogens is 1. The molecule has 2 aromatic rings. The summed E-state index contributed by atoms with van der Waals surface area (Å²) in [6.45, 7) is 2.70. The molecule has 2 heterocycles. The molecule has 4 nitrogen and oxygen atoms in total. The predicted octanol–water partition coefficient (Wildman–Crippen LogP) is 2.92. The largest absolute Gasteiger partial charge is 0.369 e. The third kappa shape index (κ3) is 2.23. The van der Waals surface area contributed by atoms with Crippen LogP contribution in [0.3, 0.4) is 0 Å². The molecule has 2 N–H and O–H groups in total. The highest BCUT2D eigenvalue weighted by Crippen LogP contribution is 2.33. The van der Waals surface area contributed by atoms with Gasteiger partial charge >= 0.3 is 0 Å². The highest BCUT2D eigenvalue weighted by molar-refractivity contribution is 6.30. The molecular formula is C15H15ClN4. The van der Waals surface area contributed by atoms with Crippen molar-refractivity contribution in [2.75, 3.05) is 11.4 Å². The molecule has 1 aliphatic heterocycles. The number of rotatable bonds is 2. The van der Waals surface area contributed by atoms with Gasteiger partial charge in [0.25, 0.3) is 0 Å². The molecule has 1 unspecified atom stereocenters. The maximum Gasteiger partial charge on any atom is 0.196 e. The first-order chi connectivity index (χ1) is 9.66. The van der Waals surface area contributed by atoms with E-state index in [9.17, 15) is 0 Å². The Morgan fingerprint density at radius 2 is 2.20 bits per heavy atom. The summed E-state index contributed by atoms with van der Waals surface area (Å²) in [6.07, 6.45) is 3.67. The molecule has 1 aromatic heterocycles. The highest BCUT2D eigenvalue weighted by atomic mass is 35.5. The van der Waals surface area contributed by atoms with Crippen molar-refractivity contribution in [3.8, 4) is 0 Å². The van der Waals surface area contributed by atoms with Gasteiger partial charge in [-0.15, -0.1) is 0 Å². The molecule has 0 amide bonds. The third-order valence-electron chi connectivity index (χ3n) is 3.51. The zero-order chi connectivity index (χ0) is 14.1. The molecule has 0 spiro atoms. The summed E-state index contributed by atoms with van der Waals surface area (Å²) in [4.78, 5) is 10.6. The monoisotopic (exact) mass is 286 g/mol. The van der Waals surface area contributed by atoms with Crippen molar-refractivity contribution in [2.45, 2.75) is 13.0 Å². The number of nitrogens with two attached hydrogens (primary N) is 1. The van der Waals surface area contributed by atoms with Crippen LogP contribution in [0.25, 0.3) is 0 Å². The van der Waals surface area contributed by atoms with Crippen molar-refractivity contribution < 1.29 is 0 Å². The van der Waals surface area contributed by atoms with E-state index in [4.69, 9.17) is 17.3 Å². The van der Waals surface area contributed by atoms with Gasteiger partial charge in [-0.2, -0.15) is 0 Å². The zero-order valence-electron chi connectivity index (χ0n) is 11.1. The summed E-state index contributed by atoms with van der Waals surface area (Å²) in [5, 5.41) is 0.684. The summed E-state index contributed by atoms with van der Waals surface area (Å²) in [6, 6.07) is 9.71. The van der Waals surface area contributed by atoms with Crippen molar-refractivity contribution in [1.29, 1.82) is 0 Å². The average Bonchev–Trinajstić information content (AvgIpc) is 2.81. The Balaban J connectivity index is 2.03. The van der Waals surface area contributed by atoms with E-state index in [0.29, 0.717) is 17.5 Å². The van der Waals surface area contributed by atoms with Gasteiger partial charge in [-0.1, -0.05) is 17.7 Å². The van der Waals surface area contributed by atoms with Crippen LogP contribution in [0.4, 0.5) is 5.69 Å². The predicted molar refractivity (Wildman–Crippen MR) is 82.1 cm³/mol. The fourth-order valence-corrected chi connectivity index (χ4v) is 2.68. The SMILES string of the molecule is Cc1ccncc1C1CN=C(N)N1c1cccc(Cl)c1. The van der Waals surface area contributed by atoms with Crippen LogP contribution in [0.15, 0.2) is 47.7 Å². The Kier molecular flexibility index (Phi) is 3.32. The molecule has 20 heavy (non-hydrogen) atoms. The normalized spacial score (nSPS) is 18.2. The van der Waals surface area contributed by atoms with E-state index in [2.05, 4.69) is 16.9 Å². The molecular weight excluding hydrogens is 272 g/mol. The maximum atomic E-state index is 6.08. The van der Waals surface area contributed by atoms with Crippen molar-refractivity contribution in [2.24, 2.45) is 10.7 Å². The average molecular weight is 287 g/mol. The highest BCUT2D eigenvalue weighted by Gasteiger charge is 2.30. The molecule has 0 aliphatic carbocycles. The Bertz CT molecular complexity index is 668. The number of aliphatic imine (C=N–C) groups is 1. The number of hydrogen-bond donors (Lipinski definition) is 1. The Hall–Kier alpha value is -2.07. The van der Waals surface area contributed by atoms with E-state index in [1.165, 1.54) is 5.56 Å². The van der Waals surface area contributed by atoms with Gasteiger partial charge in [0.1, 0.15) is 0 Å². The minimum absolute atomic E-state index is 0.0715. The van der Waals surface area contributed by atoms with E-state index in [1.54, 1.807) is 6.20 Å². The molecule has 0 radical (unpaired) electrons. The van der Waals surface area contributed by atoms with Crippen molar-refractivity contribution in [3.63, 3.8) is 0 Å². The molecule has 0 bridgehead atoms. The van der Waals surface area contributed by atoms with Gasteiger partial charge in [-0.05, 0) is 42.3 Å². The fourth-order valence-electron chi connectivity index (χ4n) is 2.50. The van der Waals surface area contributed by atoms with E-state index in [1.807, 2.05) is 41.4 Å². The first-order valence-corrected chi connectivity index (χ1v) is 6.80. The number of anilines is 1. The molecule has 3 rings (SSSR count). The van der Waals surface area contributed by atoms with Crippen LogP contribution < -0.4 is 10.6 Å². The van der Waals surface area contributed by atoms with E-state index >= 15 is 0 Å². The van der Waals surface area contributed by atoms with Crippen LogP contribution >= 0.6 is 11.6 Å². The molecule has 0 fully saturated rings. The lowest BCUT2D eigenvalue weighted by Crippen LogP contribution is -2.36. The van der Waals surface area contributed by atoms with E-state index < -0.39 is 0 Å². The quantitative estimate of drug-likeness (QED) is 0.923. The minimum Gasteiger partial charge on any atom is -0.369 e. The van der Waals surface area contributed by atoms with Crippen LogP contribution in [0, 0.1) is 6.92 Å². The first-order valence-electron chi connectivity index (χ1n) is 6.42. The second-order valence-electron chi connectivity index (χ2n) is 4.80. The Morgan fingerprint density at radius 1 is 1.35 bits per heavy atom. The maximum absolute atomic E-state index is 6.08. The number of hydrogen-bond acceptors (Lipinski definition) is 4. The van der Waals surface area contributed by atoms with Gasteiger partial charge in [-0.3, -0.25) is 9.98 Å². The van der Waals surface area contributed by atoms with Crippen LogP contribution in [0.5, 0.6) is 0 Å². The second kappa shape index (κ2) is 5.13. The lowest BCUT2D eigenvalue weighted by Gasteiger charge is -2.27. The standard InChI is InChI=1S/C15H15ClN4/c1-10-5-6-18-8-13(10)14-9-19-15(17)20(14)12-4-2-3-11(16)7-12/h2-8,14H,9H2,1H3,(H2,17,19). The number of aryl methyl sites for hydroxylation is 1. The van der Waals surface area contributed by atoms with E-state index in [0.717, 1.165) is 11.3 Å². The lowest BCUT2D eigenvalue weighted by molar-refractivity contribution is 0.757. The van der Waals surface area contributed by atoms with Gasteiger partial charge in [0, 0.05) is 23.1 Å². The van der Waals surface area contributed by atoms with Gasteiger partial charge in [0.2, 0.25) is 0 Å². The fraction of sp³-hybridized carbons (Fsp3) is 0.200. The summed E-state index contributed by atoms with van der Waals surface area (Å²) in [5.74, 6) is 0.514. The van der Waals surface area contributed by atoms with Gasteiger partial charge in [0.15, 0.2) is 5.96 Å². The number of nitrogens with zero attached hydrogens (tertiary/aromatic N) is 3. The molecule has 0 saturated heterocycles. The molecule has 1 aliphatic rings. The second-order valence-corrected chi connectivity index (χ2v) is 5.23. The summed E-state index contributed by atoms with van der Waals surface area (Å²) in [7, 11) is 0. The molecule has 1 aromatic carbocycles. The molecule has 5 heteroatoms. The summed E-state index contributed by atoms with van der Waals surface area (Å²) < 4.78 is 0. The topological polar surface area (TPSA) is 54.5 Å². The Morgan fingerprint density at radius 3 is 2.95 bits per heavy atom. The summed E-state index contributed by atoms with van der Waals surface area (Å²) in [5.41, 5.74) is 9.32. The zero-order valence-corrected chi connectivity index (χ0v) is 11.9. The Labute approximate surface area is 122 Å². The number of halogens is 1. The van der Waals surface area contributed by atoms with Crippen LogP contribution in [0.2, 0.25) is 5.02 Å². The minimum atomic E-state index is 0.0715. The third-order valence-corrected chi connectivity index (χ3v) is 3.74. The number of pyridine rings is 1. The van der Waals surface area contributed by atoms with Gasteiger partial charge in [0.05, 0.1) is 12.6 Å². The van der Waals surface area contributed by atoms with E-state index in [-0.39, 0.29) is 6.04 Å². The van der Waals surface area contributed by atoms with Crippen LogP contribution in [0.1, 0.15) is 17.2 Å². The van der Waals surface area contributed by atoms with Crippen molar-refractivity contribution in [1.82, 2.24) is 4.98 Å². The number of benzene rings is 1. The smallest absolute Gasteiger partial charge is 0.196 e. The molecule has 102 valence electrons. The lowest BCUT2D eigenvalue weighted by atomic mass is 10.0. The van der Waals surface area contributed by atoms with Gasteiger partial charge in [-0.25, -0.2) is 0 Å². The molecule has 1 atom stereocenters.